The zero-order valence-corrected chi connectivity index (χ0v) is 19.2. The Morgan fingerprint density at radius 3 is 2.68 bits per heavy atom. The largest absolute Gasteiger partial charge is 0.402 e. The van der Waals surface area contributed by atoms with Crippen LogP contribution < -0.4 is 21.3 Å². The molecule has 4 heterocycles. The molecule has 2 aliphatic heterocycles. The molecule has 10 nitrogen and oxygen atoms in total. The summed E-state index contributed by atoms with van der Waals surface area (Å²) < 4.78 is 5.57. The van der Waals surface area contributed by atoms with Gasteiger partial charge in [-0.25, -0.2) is 9.97 Å². The van der Waals surface area contributed by atoms with Gasteiger partial charge in [0.25, 0.3) is 5.89 Å². The highest BCUT2D eigenvalue weighted by Crippen LogP contribution is 2.34. The molecule has 0 aromatic carbocycles. The van der Waals surface area contributed by atoms with Gasteiger partial charge >= 0.3 is 6.01 Å². The van der Waals surface area contributed by atoms with Gasteiger partial charge in [0, 0.05) is 37.8 Å². The van der Waals surface area contributed by atoms with Crippen LogP contribution in [0.25, 0.3) is 11.6 Å². The Bertz CT molecular complexity index is 886. The van der Waals surface area contributed by atoms with Crippen molar-refractivity contribution in [1.82, 2.24) is 30.4 Å². The number of piperazine rings is 1. The van der Waals surface area contributed by atoms with Crippen LogP contribution in [0.5, 0.6) is 0 Å². The zero-order chi connectivity index (χ0) is 22.0. The van der Waals surface area contributed by atoms with Crippen LogP contribution in [0.2, 0.25) is 5.15 Å². The van der Waals surface area contributed by atoms with Crippen molar-refractivity contribution < 1.29 is 4.42 Å². The molecule has 2 aromatic heterocycles. The number of nitrogens with one attached hydrogen (secondary N) is 2. The van der Waals surface area contributed by atoms with Crippen LogP contribution in [0.15, 0.2) is 4.42 Å². The third-order valence-electron chi connectivity index (χ3n) is 6.22. The van der Waals surface area contributed by atoms with Crippen LogP contribution in [0.1, 0.15) is 40.0 Å². The minimum absolute atomic E-state index is 0.199. The van der Waals surface area contributed by atoms with Crippen LogP contribution in [-0.2, 0) is 0 Å². The van der Waals surface area contributed by atoms with Crippen molar-refractivity contribution in [3.05, 3.63) is 5.15 Å². The molecule has 4 rings (SSSR count). The van der Waals surface area contributed by atoms with Gasteiger partial charge in [-0.05, 0) is 46.2 Å². The number of nitrogen functional groups attached to an aromatic ring is 1. The molecule has 0 spiro atoms. The van der Waals surface area contributed by atoms with Gasteiger partial charge in [0.15, 0.2) is 22.5 Å². The molecule has 4 N–H and O–H groups in total. The van der Waals surface area contributed by atoms with Gasteiger partial charge in [0.2, 0.25) is 0 Å². The average Bonchev–Trinajstić information content (AvgIpc) is 3.24. The Morgan fingerprint density at radius 2 is 1.97 bits per heavy atom. The second-order valence-electron chi connectivity index (χ2n) is 8.26. The molecule has 0 unspecified atom stereocenters. The Balaban J connectivity index is 1.56. The van der Waals surface area contributed by atoms with E-state index in [4.69, 9.17) is 21.8 Å². The van der Waals surface area contributed by atoms with Crippen molar-refractivity contribution in [2.75, 3.05) is 48.7 Å². The normalized spacial score (nSPS) is 23.3. The first-order valence-corrected chi connectivity index (χ1v) is 11.5. The zero-order valence-electron chi connectivity index (χ0n) is 18.4. The van der Waals surface area contributed by atoms with E-state index < -0.39 is 0 Å². The van der Waals surface area contributed by atoms with Gasteiger partial charge in [0.1, 0.15) is 0 Å². The van der Waals surface area contributed by atoms with Crippen LogP contribution in [0, 0.1) is 0 Å². The maximum Gasteiger partial charge on any atom is 0.315 e. The second-order valence-corrected chi connectivity index (χ2v) is 8.61. The second kappa shape index (κ2) is 9.54. The van der Waals surface area contributed by atoms with Crippen molar-refractivity contribution in [3.63, 3.8) is 0 Å². The summed E-state index contributed by atoms with van der Waals surface area (Å²) in [4.78, 5) is 14.0. The maximum absolute atomic E-state index is 6.60. The van der Waals surface area contributed by atoms with Crippen LogP contribution in [0.4, 0.5) is 17.7 Å². The summed E-state index contributed by atoms with van der Waals surface area (Å²) in [5.41, 5.74) is 6.55. The molecular weight excluding hydrogens is 418 g/mol. The molecule has 11 heteroatoms. The molecular formula is C20H32ClN9O. The molecule has 31 heavy (non-hydrogen) atoms. The predicted octanol–water partition coefficient (Wildman–Crippen LogP) is 2.24. The lowest BCUT2D eigenvalue weighted by atomic mass is 9.97. The van der Waals surface area contributed by atoms with Crippen molar-refractivity contribution in [3.8, 4) is 11.6 Å². The summed E-state index contributed by atoms with van der Waals surface area (Å²) in [6, 6.07) is 1.63. The number of nitrogens with zero attached hydrogens (tertiary/aromatic N) is 6. The number of halogens is 1. The van der Waals surface area contributed by atoms with Gasteiger partial charge < -0.3 is 25.7 Å². The third kappa shape index (κ3) is 4.56. The van der Waals surface area contributed by atoms with Crippen LogP contribution in [-0.4, -0.2) is 75.9 Å². The lowest BCUT2D eigenvalue weighted by Gasteiger charge is -2.49. The molecule has 0 bridgehead atoms. The van der Waals surface area contributed by atoms with Crippen LogP contribution >= 0.6 is 11.6 Å². The van der Waals surface area contributed by atoms with E-state index in [9.17, 15) is 0 Å². The Labute approximate surface area is 187 Å². The molecule has 2 fully saturated rings. The van der Waals surface area contributed by atoms with E-state index in [1.165, 1.54) is 12.8 Å². The fourth-order valence-electron chi connectivity index (χ4n) is 4.61. The smallest absolute Gasteiger partial charge is 0.315 e. The lowest BCUT2D eigenvalue weighted by molar-refractivity contribution is 0.0788. The topological polar surface area (TPSA) is 121 Å². The van der Waals surface area contributed by atoms with Gasteiger partial charge in [-0.3, -0.25) is 4.90 Å². The number of rotatable bonds is 6. The molecule has 0 aliphatic carbocycles. The number of nitrogens with two attached hydrogens (primary N) is 1. The van der Waals surface area contributed by atoms with E-state index in [1.54, 1.807) is 0 Å². The molecule has 2 saturated heterocycles. The summed E-state index contributed by atoms with van der Waals surface area (Å²) in [5.74, 6) is 1.04. The minimum atomic E-state index is 0.199. The molecule has 170 valence electrons. The summed E-state index contributed by atoms with van der Waals surface area (Å²) in [7, 11) is 0. The van der Waals surface area contributed by atoms with Gasteiger partial charge in [0.05, 0.1) is 0 Å². The van der Waals surface area contributed by atoms with E-state index in [0.29, 0.717) is 41.3 Å². The highest BCUT2D eigenvalue weighted by atomic mass is 35.5. The maximum atomic E-state index is 6.60. The monoisotopic (exact) mass is 449 g/mol. The Morgan fingerprint density at radius 1 is 1.19 bits per heavy atom. The van der Waals surface area contributed by atoms with Gasteiger partial charge in [-0.1, -0.05) is 23.6 Å². The first kappa shape index (κ1) is 22.0. The molecule has 2 atom stereocenters. The van der Waals surface area contributed by atoms with E-state index in [0.717, 1.165) is 32.6 Å². The van der Waals surface area contributed by atoms with Crippen molar-refractivity contribution in [2.24, 2.45) is 0 Å². The standard InChI is InChI=1S/C20H32ClN9O/c1-4-13-11-29(12(3)10-30(13)14-6-8-23-9-7-14)18-16(21)25-15(17(22)26-18)19-27-28-20(31-19)24-5-2/h12-14,23H,4-11H2,1-3H3,(H2,22,26)(H,24,28)/t12-,13+/m1/s1. The molecule has 2 aliphatic rings. The predicted molar refractivity (Wildman–Crippen MR) is 122 cm³/mol. The quantitative estimate of drug-likeness (QED) is 0.605. The van der Waals surface area contributed by atoms with Gasteiger partial charge in [-0.2, -0.15) is 0 Å². The Kier molecular flexibility index (Phi) is 6.78. The highest BCUT2D eigenvalue weighted by Gasteiger charge is 2.37. The minimum Gasteiger partial charge on any atom is -0.402 e. The first-order chi connectivity index (χ1) is 15.0. The number of anilines is 3. The number of aromatic nitrogens is 4. The third-order valence-corrected chi connectivity index (χ3v) is 6.48. The molecule has 0 saturated carbocycles. The van der Waals surface area contributed by atoms with E-state index in [-0.39, 0.29) is 17.8 Å². The fraction of sp³-hybridized carbons (Fsp3) is 0.700. The van der Waals surface area contributed by atoms with Gasteiger partial charge in [-0.15, -0.1) is 5.10 Å². The summed E-state index contributed by atoms with van der Waals surface area (Å²) in [5, 5.41) is 14.7. The average molecular weight is 450 g/mol. The highest BCUT2D eigenvalue weighted by molar-refractivity contribution is 6.32. The van der Waals surface area contributed by atoms with E-state index in [2.05, 4.69) is 54.4 Å². The summed E-state index contributed by atoms with van der Waals surface area (Å²) >= 11 is 6.60. The van der Waals surface area contributed by atoms with Crippen molar-refractivity contribution in [2.45, 2.75) is 58.2 Å². The van der Waals surface area contributed by atoms with Crippen molar-refractivity contribution in [1.29, 1.82) is 0 Å². The molecule has 0 radical (unpaired) electrons. The first-order valence-electron chi connectivity index (χ1n) is 11.2. The lowest BCUT2D eigenvalue weighted by Crippen LogP contribution is -2.61. The SMILES string of the molecule is CCNc1nnc(-c2nc(Cl)c(N3C[C@H](CC)N(C4CCNCC4)C[C@H]3C)nc2N)o1. The number of hydrogen-bond donors (Lipinski definition) is 3. The van der Waals surface area contributed by atoms with E-state index >= 15 is 0 Å². The Hall–Kier alpha value is -2.17. The van der Waals surface area contributed by atoms with Crippen LogP contribution in [0.3, 0.4) is 0 Å². The molecule has 2 aromatic rings. The van der Waals surface area contributed by atoms with Crippen molar-refractivity contribution >= 4 is 29.3 Å². The number of hydrogen-bond acceptors (Lipinski definition) is 10. The summed E-state index contributed by atoms with van der Waals surface area (Å²) in [6.45, 7) is 11.1. The molecule has 0 amide bonds. The number of piperidine rings is 1. The fourth-order valence-corrected chi connectivity index (χ4v) is 4.84. The summed E-state index contributed by atoms with van der Waals surface area (Å²) in [6.07, 6.45) is 3.47. The van der Waals surface area contributed by atoms with E-state index in [1.807, 2.05) is 6.92 Å².